The van der Waals surface area contributed by atoms with E-state index in [1.807, 2.05) is 24.3 Å². The highest BCUT2D eigenvalue weighted by Gasteiger charge is 1.87. The maximum Gasteiger partial charge on any atom is 0.0793 e. The predicted molar refractivity (Wildman–Crippen MR) is 53.3 cm³/mol. The second-order valence-electron chi connectivity index (χ2n) is 2.23. The van der Waals surface area contributed by atoms with Gasteiger partial charge in [0, 0.05) is 10.6 Å². The Morgan fingerprint density at radius 1 is 1.33 bits per heavy atom. The van der Waals surface area contributed by atoms with Crippen LogP contribution in [-0.4, -0.2) is 12.9 Å². The van der Waals surface area contributed by atoms with Gasteiger partial charge in [-0.2, -0.15) is 0 Å². The lowest BCUT2D eigenvalue weighted by Crippen LogP contribution is -1.73. The van der Waals surface area contributed by atoms with Gasteiger partial charge >= 0.3 is 0 Å². The van der Waals surface area contributed by atoms with Crippen LogP contribution in [0.2, 0.25) is 0 Å². The molecule has 12 heavy (non-hydrogen) atoms. The van der Waals surface area contributed by atoms with Crippen molar-refractivity contribution in [1.82, 2.24) is 0 Å². The summed E-state index contributed by atoms with van der Waals surface area (Å²) in [4.78, 5) is 1.29. The van der Waals surface area contributed by atoms with Gasteiger partial charge < -0.3 is 4.74 Å². The molecule has 0 spiro atoms. The molecular formula is C10H12OS. The van der Waals surface area contributed by atoms with E-state index >= 15 is 0 Å². The first-order valence-electron chi connectivity index (χ1n) is 3.79. The van der Waals surface area contributed by atoms with Crippen LogP contribution in [-0.2, 0) is 4.74 Å². The van der Waals surface area contributed by atoms with Gasteiger partial charge in [0.25, 0.3) is 0 Å². The third kappa shape index (κ3) is 3.49. The molecule has 0 heterocycles. The van der Waals surface area contributed by atoms with E-state index in [9.17, 15) is 0 Å². The number of methoxy groups -OCH3 is 1. The van der Waals surface area contributed by atoms with Gasteiger partial charge in [-0.25, -0.2) is 0 Å². The third-order valence-corrected chi connectivity index (χ3v) is 2.29. The lowest BCUT2D eigenvalue weighted by molar-refractivity contribution is 0.337. The zero-order chi connectivity index (χ0) is 8.65. The Hall–Kier alpha value is -0.890. The molecule has 2 heteroatoms. The number of hydrogen-bond donors (Lipinski definition) is 0. The second kappa shape index (κ2) is 5.72. The van der Waals surface area contributed by atoms with Gasteiger partial charge in [0.1, 0.15) is 0 Å². The second-order valence-corrected chi connectivity index (χ2v) is 3.32. The molecule has 0 aliphatic heterocycles. The lowest BCUT2D eigenvalue weighted by atomic mass is 10.4. The minimum absolute atomic E-state index is 0.956. The van der Waals surface area contributed by atoms with Gasteiger partial charge in [-0.15, -0.1) is 11.8 Å². The number of hydrogen-bond acceptors (Lipinski definition) is 2. The number of ether oxygens (including phenoxy) is 1. The summed E-state index contributed by atoms with van der Waals surface area (Å²) in [6.07, 6.45) is 3.70. The molecule has 0 fully saturated rings. The molecule has 0 atom stereocenters. The van der Waals surface area contributed by atoms with Crippen LogP contribution >= 0.6 is 11.8 Å². The zero-order valence-corrected chi connectivity index (χ0v) is 7.88. The highest BCUT2D eigenvalue weighted by Crippen LogP contribution is 2.16. The quantitative estimate of drug-likeness (QED) is 0.520. The van der Waals surface area contributed by atoms with Gasteiger partial charge in [0.2, 0.25) is 0 Å². The van der Waals surface area contributed by atoms with Crippen LogP contribution in [0.1, 0.15) is 0 Å². The smallest absolute Gasteiger partial charge is 0.0793 e. The van der Waals surface area contributed by atoms with Crippen molar-refractivity contribution in [2.24, 2.45) is 0 Å². The van der Waals surface area contributed by atoms with E-state index in [1.165, 1.54) is 4.90 Å². The van der Waals surface area contributed by atoms with Crippen LogP contribution in [0.25, 0.3) is 0 Å². The first-order valence-corrected chi connectivity index (χ1v) is 4.77. The standard InChI is InChI=1S/C10H12OS/c1-11-8-5-9-12-10-6-3-2-4-7-10/h2-8H,9H2,1H3/b8-5+. The summed E-state index contributed by atoms with van der Waals surface area (Å²) in [5, 5.41) is 0. The van der Waals surface area contributed by atoms with Crippen molar-refractivity contribution in [3.63, 3.8) is 0 Å². The van der Waals surface area contributed by atoms with Crippen LogP contribution in [0.4, 0.5) is 0 Å². The Morgan fingerprint density at radius 3 is 2.75 bits per heavy atom. The molecule has 0 amide bonds. The Kier molecular flexibility index (Phi) is 4.39. The molecule has 64 valence electrons. The fourth-order valence-corrected chi connectivity index (χ4v) is 1.51. The molecule has 0 aliphatic carbocycles. The minimum atomic E-state index is 0.956. The average Bonchev–Trinajstić information content (AvgIpc) is 2.14. The maximum atomic E-state index is 4.79. The van der Waals surface area contributed by atoms with Crippen LogP contribution in [0.3, 0.4) is 0 Å². The molecule has 0 aromatic heterocycles. The van der Waals surface area contributed by atoms with E-state index in [4.69, 9.17) is 4.74 Å². The highest BCUT2D eigenvalue weighted by atomic mass is 32.2. The Balaban J connectivity index is 2.29. The third-order valence-electron chi connectivity index (χ3n) is 1.32. The molecule has 0 saturated heterocycles. The summed E-state index contributed by atoms with van der Waals surface area (Å²) in [6, 6.07) is 10.3. The van der Waals surface area contributed by atoms with Gasteiger partial charge in [0.15, 0.2) is 0 Å². The molecule has 0 unspecified atom stereocenters. The molecule has 1 rings (SSSR count). The van der Waals surface area contributed by atoms with Crippen molar-refractivity contribution in [2.45, 2.75) is 4.90 Å². The summed E-state index contributed by atoms with van der Waals surface area (Å²) >= 11 is 1.79. The summed E-state index contributed by atoms with van der Waals surface area (Å²) in [7, 11) is 1.66. The molecule has 0 bridgehead atoms. The number of benzene rings is 1. The van der Waals surface area contributed by atoms with Gasteiger partial charge in [-0.05, 0) is 18.2 Å². The highest BCUT2D eigenvalue weighted by molar-refractivity contribution is 7.99. The number of rotatable bonds is 4. The minimum Gasteiger partial charge on any atom is -0.505 e. The van der Waals surface area contributed by atoms with Crippen LogP contribution in [0, 0.1) is 0 Å². The van der Waals surface area contributed by atoms with Crippen molar-refractivity contribution in [2.75, 3.05) is 12.9 Å². The van der Waals surface area contributed by atoms with Gasteiger partial charge in [0.05, 0.1) is 13.4 Å². The maximum absolute atomic E-state index is 4.79. The number of thioether (sulfide) groups is 1. The first kappa shape index (κ1) is 9.20. The van der Waals surface area contributed by atoms with Crippen molar-refractivity contribution in [3.05, 3.63) is 42.7 Å². The van der Waals surface area contributed by atoms with Crippen LogP contribution < -0.4 is 0 Å². The predicted octanol–water partition coefficient (Wildman–Crippen LogP) is 2.94. The molecule has 1 aromatic rings. The van der Waals surface area contributed by atoms with Crippen molar-refractivity contribution >= 4 is 11.8 Å². The van der Waals surface area contributed by atoms with Gasteiger partial charge in [-0.3, -0.25) is 0 Å². The van der Waals surface area contributed by atoms with E-state index in [0.29, 0.717) is 0 Å². The molecule has 0 radical (unpaired) electrons. The SMILES string of the molecule is CO/C=C/CSc1ccccc1. The normalized spacial score (nSPS) is 10.4. The first-order chi connectivity index (χ1) is 5.93. The molecule has 0 N–H and O–H groups in total. The molecule has 1 nitrogen and oxygen atoms in total. The van der Waals surface area contributed by atoms with E-state index in [-0.39, 0.29) is 0 Å². The van der Waals surface area contributed by atoms with Crippen molar-refractivity contribution in [1.29, 1.82) is 0 Å². The monoisotopic (exact) mass is 180 g/mol. The molecular weight excluding hydrogens is 168 g/mol. The van der Waals surface area contributed by atoms with Crippen molar-refractivity contribution in [3.8, 4) is 0 Å². The zero-order valence-electron chi connectivity index (χ0n) is 7.07. The van der Waals surface area contributed by atoms with Gasteiger partial charge in [-0.1, -0.05) is 18.2 Å². The lowest BCUT2D eigenvalue weighted by Gasteiger charge is -1.95. The Bertz CT molecular complexity index is 231. The average molecular weight is 180 g/mol. The summed E-state index contributed by atoms with van der Waals surface area (Å²) in [5.74, 6) is 0.956. The van der Waals surface area contributed by atoms with E-state index in [0.717, 1.165) is 5.75 Å². The summed E-state index contributed by atoms with van der Waals surface area (Å²) < 4.78 is 4.79. The van der Waals surface area contributed by atoms with E-state index in [1.54, 1.807) is 25.1 Å². The molecule has 0 aliphatic rings. The fraction of sp³-hybridized carbons (Fsp3) is 0.200. The topological polar surface area (TPSA) is 9.23 Å². The molecule has 0 saturated carbocycles. The largest absolute Gasteiger partial charge is 0.505 e. The van der Waals surface area contributed by atoms with Crippen LogP contribution in [0.15, 0.2) is 47.6 Å². The Labute approximate surface area is 77.4 Å². The van der Waals surface area contributed by atoms with E-state index < -0.39 is 0 Å². The fourth-order valence-electron chi connectivity index (χ4n) is 0.797. The summed E-state index contributed by atoms with van der Waals surface area (Å²) in [5.41, 5.74) is 0. The Morgan fingerprint density at radius 2 is 2.08 bits per heavy atom. The van der Waals surface area contributed by atoms with E-state index in [2.05, 4.69) is 12.1 Å². The van der Waals surface area contributed by atoms with Crippen molar-refractivity contribution < 1.29 is 4.74 Å². The molecule has 1 aromatic carbocycles. The summed E-state index contributed by atoms with van der Waals surface area (Å²) in [6.45, 7) is 0. The van der Waals surface area contributed by atoms with Crippen LogP contribution in [0.5, 0.6) is 0 Å².